The number of para-hydroxylation sites is 1. The molecule has 20 heavy (non-hydrogen) atoms. The topological polar surface area (TPSA) is 29.1 Å². The van der Waals surface area contributed by atoms with Gasteiger partial charge in [-0.25, -0.2) is 0 Å². The highest BCUT2D eigenvalue weighted by molar-refractivity contribution is 9.10. The predicted octanol–water partition coefficient (Wildman–Crippen LogP) is 5.81. The van der Waals surface area contributed by atoms with E-state index < -0.39 is 0 Å². The lowest BCUT2D eigenvalue weighted by Gasteiger charge is -2.13. The number of carbonyl (C=O) groups excluding carboxylic acids is 1. The lowest BCUT2D eigenvalue weighted by molar-refractivity contribution is 0.102. The van der Waals surface area contributed by atoms with E-state index in [0.717, 1.165) is 11.3 Å². The summed E-state index contributed by atoms with van der Waals surface area (Å²) in [6.07, 6.45) is 0. The van der Waals surface area contributed by atoms with E-state index in [-0.39, 0.29) is 10.7 Å². The van der Waals surface area contributed by atoms with E-state index in [1.165, 1.54) is 0 Å². The van der Waals surface area contributed by atoms with Crippen LogP contribution in [0.4, 0.5) is 5.69 Å². The van der Waals surface area contributed by atoms with E-state index in [9.17, 15) is 4.79 Å². The molecule has 1 unspecified atom stereocenters. The molecule has 0 fully saturated rings. The van der Waals surface area contributed by atoms with E-state index in [4.69, 9.17) is 11.6 Å². The number of anilines is 1. The second-order valence-corrected chi connectivity index (χ2v) is 6.92. The van der Waals surface area contributed by atoms with Crippen LogP contribution < -0.4 is 5.32 Å². The van der Waals surface area contributed by atoms with Crippen LogP contribution in [0.25, 0.3) is 0 Å². The molecule has 2 aromatic rings. The molecule has 2 aromatic carbocycles. The summed E-state index contributed by atoms with van der Waals surface area (Å²) in [7, 11) is 0. The van der Waals surface area contributed by atoms with Gasteiger partial charge in [0.15, 0.2) is 0 Å². The summed E-state index contributed by atoms with van der Waals surface area (Å²) >= 11 is 12.8. The maximum Gasteiger partial charge on any atom is 0.255 e. The Morgan fingerprint density at radius 2 is 1.95 bits per heavy atom. The molecule has 0 bridgehead atoms. The summed E-state index contributed by atoms with van der Waals surface area (Å²) in [5, 5.41) is 3.50. The normalized spacial score (nSPS) is 12.0. The first-order valence-electron chi connectivity index (χ1n) is 5.98. The minimum atomic E-state index is -0.164. The van der Waals surface area contributed by atoms with Crippen LogP contribution in [-0.4, -0.2) is 5.91 Å². The summed E-state index contributed by atoms with van der Waals surface area (Å²) in [5.41, 5.74) is 2.39. The van der Waals surface area contributed by atoms with Gasteiger partial charge >= 0.3 is 0 Å². The minimum Gasteiger partial charge on any atom is -0.322 e. The van der Waals surface area contributed by atoms with Gasteiger partial charge in [0.25, 0.3) is 5.91 Å². The molecule has 5 heteroatoms. The summed E-state index contributed by atoms with van der Waals surface area (Å²) in [6.45, 7) is 2.02. The molecule has 1 atom stereocenters. The standard InChI is InChI=1S/C15H12Br2ClNO/c1-9(16)11-4-2-3-5-14(11)19-15(20)10-6-7-13(18)12(17)8-10/h2-9H,1H3,(H,19,20). The van der Waals surface area contributed by atoms with Crippen molar-refractivity contribution in [1.82, 2.24) is 0 Å². The van der Waals surface area contributed by atoms with Crippen molar-refractivity contribution in [2.75, 3.05) is 5.32 Å². The number of halogens is 3. The lowest BCUT2D eigenvalue weighted by atomic mass is 10.1. The quantitative estimate of drug-likeness (QED) is 0.627. The first kappa shape index (κ1) is 15.5. The molecule has 0 aromatic heterocycles. The van der Waals surface area contributed by atoms with Crippen LogP contribution in [0.15, 0.2) is 46.9 Å². The SMILES string of the molecule is CC(Br)c1ccccc1NC(=O)c1ccc(Cl)c(Br)c1. The highest BCUT2D eigenvalue weighted by Gasteiger charge is 2.12. The molecular weight excluding hydrogens is 405 g/mol. The van der Waals surface area contributed by atoms with Crippen molar-refractivity contribution >= 4 is 55.1 Å². The first-order valence-corrected chi connectivity index (χ1v) is 8.07. The number of hydrogen-bond donors (Lipinski definition) is 1. The number of alkyl halides is 1. The Hall–Kier alpha value is -0.840. The Morgan fingerprint density at radius 3 is 2.60 bits per heavy atom. The number of amides is 1. The number of nitrogens with one attached hydrogen (secondary N) is 1. The Bertz CT molecular complexity index is 644. The molecule has 104 valence electrons. The van der Waals surface area contributed by atoms with Crippen LogP contribution in [0.1, 0.15) is 27.7 Å². The fourth-order valence-corrected chi connectivity index (χ4v) is 2.69. The van der Waals surface area contributed by atoms with E-state index in [0.29, 0.717) is 15.1 Å². The van der Waals surface area contributed by atoms with Crippen molar-refractivity contribution in [3.63, 3.8) is 0 Å². The van der Waals surface area contributed by atoms with Gasteiger partial charge in [-0.15, -0.1) is 0 Å². The predicted molar refractivity (Wildman–Crippen MR) is 90.9 cm³/mol. The number of hydrogen-bond acceptors (Lipinski definition) is 1. The molecule has 0 radical (unpaired) electrons. The molecular formula is C15H12Br2ClNO. The van der Waals surface area contributed by atoms with E-state index in [1.54, 1.807) is 18.2 Å². The first-order chi connectivity index (χ1) is 9.49. The molecule has 0 saturated heterocycles. The molecule has 0 aliphatic rings. The fraction of sp³-hybridized carbons (Fsp3) is 0.133. The van der Waals surface area contributed by atoms with Gasteiger partial charge in [0.1, 0.15) is 0 Å². The average molecular weight is 418 g/mol. The van der Waals surface area contributed by atoms with Gasteiger partial charge < -0.3 is 5.32 Å². The van der Waals surface area contributed by atoms with Crippen LogP contribution in [-0.2, 0) is 0 Å². The molecule has 0 spiro atoms. The molecule has 1 amide bonds. The Labute approximate surface area is 139 Å². The minimum absolute atomic E-state index is 0.163. The van der Waals surface area contributed by atoms with Crippen LogP contribution in [0.3, 0.4) is 0 Å². The molecule has 0 aliphatic heterocycles. The second-order valence-electron chi connectivity index (χ2n) is 4.29. The molecule has 0 heterocycles. The zero-order valence-corrected chi connectivity index (χ0v) is 14.6. The van der Waals surface area contributed by atoms with Crippen molar-refractivity contribution < 1.29 is 4.79 Å². The van der Waals surface area contributed by atoms with Gasteiger partial charge in [0, 0.05) is 20.6 Å². The highest BCUT2D eigenvalue weighted by Crippen LogP contribution is 2.29. The fourth-order valence-electron chi connectivity index (χ4n) is 1.79. The van der Waals surface area contributed by atoms with Crippen molar-refractivity contribution in [3.8, 4) is 0 Å². The van der Waals surface area contributed by atoms with Crippen LogP contribution >= 0.6 is 43.5 Å². The van der Waals surface area contributed by atoms with Gasteiger partial charge in [-0.3, -0.25) is 4.79 Å². The molecule has 0 saturated carbocycles. The van der Waals surface area contributed by atoms with Crippen molar-refractivity contribution in [2.24, 2.45) is 0 Å². The summed E-state index contributed by atoms with van der Waals surface area (Å²) in [4.78, 5) is 12.4. The maximum atomic E-state index is 12.3. The molecule has 1 N–H and O–H groups in total. The summed E-state index contributed by atoms with van der Waals surface area (Å²) in [5.74, 6) is -0.164. The molecule has 0 aliphatic carbocycles. The van der Waals surface area contributed by atoms with Gasteiger partial charge in [-0.05, 0) is 52.7 Å². The Balaban J connectivity index is 2.26. The van der Waals surface area contributed by atoms with E-state index >= 15 is 0 Å². The average Bonchev–Trinajstić information content (AvgIpc) is 2.42. The zero-order valence-electron chi connectivity index (χ0n) is 10.7. The van der Waals surface area contributed by atoms with Crippen molar-refractivity contribution in [3.05, 3.63) is 63.1 Å². The van der Waals surface area contributed by atoms with Crippen LogP contribution in [0.2, 0.25) is 5.02 Å². The molecule has 2 rings (SSSR count). The van der Waals surface area contributed by atoms with Gasteiger partial charge in [0.05, 0.1) is 5.02 Å². The smallest absolute Gasteiger partial charge is 0.255 e. The van der Waals surface area contributed by atoms with Crippen molar-refractivity contribution in [2.45, 2.75) is 11.8 Å². The van der Waals surface area contributed by atoms with E-state index in [2.05, 4.69) is 37.2 Å². The highest BCUT2D eigenvalue weighted by atomic mass is 79.9. The van der Waals surface area contributed by atoms with Crippen LogP contribution in [0, 0.1) is 0 Å². The summed E-state index contributed by atoms with van der Waals surface area (Å²) in [6, 6.07) is 12.8. The lowest BCUT2D eigenvalue weighted by Crippen LogP contribution is -2.13. The third kappa shape index (κ3) is 3.62. The number of rotatable bonds is 3. The third-order valence-electron chi connectivity index (χ3n) is 2.82. The number of carbonyl (C=O) groups is 1. The van der Waals surface area contributed by atoms with Gasteiger partial charge in [-0.2, -0.15) is 0 Å². The monoisotopic (exact) mass is 415 g/mol. The largest absolute Gasteiger partial charge is 0.322 e. The Morgan fingerprint density at radius 1 is 1.25 bits per heavy atom. The van der Waals surface area contributed by atoms with Gasteiger partial charge in [0.2, 0.25) is 0 Å². The van der Waals surface area contributed by atoms with E-state index in [1.807, 2.05) is 31.2 Å². The van der Waals surface area contributed by atoms with Gasteiger partial charge in [-0.1, -0.05) is 45.7 Å². The zero-order chi connectivity index (χ0) is 14.7. The van der Waals surface area contributed by atoms with Crippen molar-refractivity contribution in [1.29, 1.82) is 0 Å². The number of benzene rings is 2. The third-order valence-corrected chi connectivity index (χ3v) is 4.53. The molecule has 2 nitrogen and oxygen atoms in total. The van der Waals surface area contributed by atoms with Crippen LogP contribution in [0.5, 0.6) is 0 Å². The maximum absolute atomic E-state index is 12.3. The summed E-state index contributed by atoms with van der Waals surface area (Å²) < 4.78 is 0.703. The second kappa shape index (κ2) is 6.74. The Kier molecular flexibility index (Phi) is 5.24.